The number of benzene rings is 2. The van der Waals surface area contributed by atoms with Gasteiger partial charge < -0.3 is 10.1 Å². The number of amides is 1. The molecule has 1 N–H and O–H groups in total. The Bertz CT molecular complexity index is 916. The maximum Gasteiger partial charge on any atom is 0.281 e. The summed E-state index contributed by atoms with van der Waals surface area (Å²) < 4.78 is 33.2. The molecule has 0 bridgehead atoms. The van der Waals surface area contributed by atoms with Crippen LogP contribution in [0.2, 0.25) is 0 Å². The Morgan fingerprint density at radius 2 is 1.79 bits per heavy atom. The number of hydrogen-bond donors (Lipinski definition) is 1. The van der Waals surface area contributed by atoms with Crippen LogP contribution >= 0.6 is 0 Å². The molecule has 3 rings (SSSR count). The van der Waals surface area contributed by atoms with Crippen LogP contribution in [0, 0.1) is 5.92 Å². The number of para-hydroxylation sites is 3. The summed E-state index contributed by atoms with van der Waals surface area (Å²) in [6.07, 6.45) is 1.29. The average molecular weight is 404 g/mol. The van der Waals surface area contributed by atoms with Crippen molar-refractivity contribution < 1.29 is 17.9 Å². The van der Waals surface area contributed by atoms with Crippen molar-refractivity contribution in [3.05, 3.63) is 54.6 Å². The van der Waals surface area contributed by atoms with Crippen LogP contribution in [0.25, 0.3) is 0 Å². The molecule has 150 valence electrons. The van der Waals surface area contributed by atoms with Crippen molar-refractivity contribution in [2.24, 2.45) is 5.92 Å². The number of nitrogens with zero attached hydrogens (tertiary/aromatic N) is 2. The van der Waals surface area contributed by atoms with Crippen LogP contribution in [0.5, 0.6) is 11.5 Å². The van der Waals surface area contributed by atoms with Gasteiger partial charge in [-0.05, 0) is 37.1 Å². The molecule has 0 unspecified atom stereocenters. The molecule has 0 aliphatic carbocycles. The molecule has 0 radical (unpaired) electrons. The molecule has 2 aromatic carbocycles. The Hall–Kier alpha value is -2.42. The van der Waals surface area contributed by atoms with Crippen molar-refractivity contribution in [2.75, 3.05) is 32.5 Å². The number of ether oxygens (including phenoxy) is 1. The third-order valence-corrected chi connectivity index (χ3v) is 6.57. The van der Waals surface area contributed by atoms with Gasteiger partial charge in [-0.3, -0.25) is 4.79 Å². The third kappa shape index (κ3) is 4.70. The molecule has 8 heteroatoms. The summed E-state index contributed by atoms with van der Waals surface area (Å²) in [6, 6.07) is 16.5. The summed E-state index contributed by atoms with van der Waals surface area (Å²) in [5, 5.41) is 2.90. The number of anilines is 1. The molecule has 1 aliphatic heterocycles. The van der Waals surface area contributed by atoms with E-state index in [0.717, 1.165) is 0 Å². The van der Waals surface area contributed by atoms with E-state index in [1.807, 2.05) is 42.5 Å². The number of piperidine rings is 1. The fraction of sp³-hybridized carbons (Fsp3) is 0.350. The van der Waals surface area contributed by atoms with Gasteiger partial charge in [0.2, 0.25) is 5.91 Å². The van der Waals surface area contributed by atoms with Crippen molar-refractivity contribution in [3.63, 3.8) is 0 Å². The van der Waals surface area contributed by atoms with Gasteiger partial charge in [0.15, 0.2) is 5.75 Å². The minimum absolute atomic E-state index is 0.175. The topological polar surface area (TPSA) is 79.0 Å². The molecule has 7 nitrogen and oxygen atoms in total. The average Bonchev–Trinajstić information content (AvgIpc) is 2.70. The normalized spacial score (nSPS) is 18.0. The largest absolute Gasteiger partial charge is 0.455 e. The highest BCUT2D eigenvalue weighted by Crippen LogP contribution is 2.30. The molecule has 0 aromatic heterocycles. The minimum Gasteiger partial charge on any atom is -0.455 e. The maximum absolute atomic E-state index is 12.8. The fourth-order valence-corrected chi connectivity index (χ4v) is 4.30. The highest BCUT2D eigenvalue weighted by atomic mass is 32.2. The van der Waals surface area contributed by atoms with E-state index in [1.54, 1.807) is 12.1 Å². The molecule has 1 atom stereocenters. The van der Waals surface area contributed by atoms with Crippen LogP contribution in [0.3, 0.4) is 0 Å². The molecular formula is C20H25N3O4S. The molecular weight excluding hydrogens is 378 g/mol. The first-order valence-corrected chi connectivity index (χ1v) is 10.6. The first-order chi connectivity index (χ1) is 13.4. The number of carbonyl (C=O) groups is 1. The summed E-state index contributed by atoms with van der Waals surface area (Å²) in [5.74, 6) is 0.594. The molecule has 28 heavy (non-hydrogen) atoms. The van der Waals surface area contributed by atoms with Gasteiger partial charge in [-0.1, -0.05) is 30.3 Å². The molecule has 2 aromatic rings. The van der Waals surface area contributed by atoms with Crippen molar-refractivity contribution in [1.82, 2.24) is 8.61 Å². The molecule has 1 amide bonds. The smallest absolute Gasteiger partial charge is 0.281 e. The van der Waals surface area contributed by atoms with Crippen molar-refractivity contribution in [1.29, 1.82) is 0 Å². The second-order valence-corrected chi connectivity index (χ2v) is 9.03. The van der Waals surface area contributed by atoms with E-state index >= 15 is 0 Å². The maximum atomic E-state index is 12.8. The van der Waals surface area contributed by atoms with Crippen LogP contribution < -0.4 is 10.1 Å². The monoisotopic (exact) mass is 403 g/mol. The van der Waals surface area contributed by atoms with Gasteiger partial charge in [0, 0.05) is 27.2 Å². The fourth-order valence-electron chi connectivity index (χ4n) is 3.11. The quantitative estimate of drug-likeness (QED) is 0.804. The van der Waals surface area contributed by atoms with E-state index in [9.17, 15) is 13.2 Å². The second kappa shape index (κ2) is 8.72. The lowest BCUT2D eigenvalue weighted by atomic mass is 9.98. The summed E-state index contributed by atoms with van der Waals surface area (Å²) in [6.45, 7) is 0.603. The Balaban J connectivity index is 1.71. The van der Waals surface area contributed by atoms with Gasteiger partial charge in [0.25, 0.3) is 10.2 Å². The highest BCUT2D eigenvalue weighted by molar-refractivity contribution is 7.86. The molecule has 1 heterocycles. The Kier molecular flexibility index (Phi) is 6.33. The summed E-state index contributed by atoms with van der Waals surface area (Å²) >= 11 is 0. The molecule has 1 fully saturated rings. The zero-order valence-electron chi connectivity index (χ0n) is 16.0. The number of carbonyl (C=O) groups excluding carboxylic acids is 1. The second-order valence-electron chi connectivity index (χ2n) is 6.89. The van der Waals surface area contributed by atoms with E-state index < -0.39 is 16.1 Å². The predicted molar refractivity (Wildman–Crippen MR) is 108 cm³/mol. The van der Waals surface area contributed by atoms with Gasteiger partial charge in [0.05, 0.1) is 11.6 Å². The van der Waals surface area contributed by atoms with E-state index in [-0.39, 0.29) is 12.5 Å². The molecule has 0 spiro atoms. The van der Waals surface area contributed by atoms with Gasteiger partial charge in [0.1, 0.15) is 5.75 Å². The van der Waals surface area contributed by atoms with Crippen LogP contribution in [0.4, 0.5) is 5.69 Å². The first kappa shape index (κ1) is 20.3. The summed E-state index contributed by atoms with van der Waals surface area (Å²) in [4.78, 5) is 12.8. The van der Waals surface area contributed by atoms with Crippen LogP contribution in [-0.2, 0) is 15.0 Å². The van der Waals surface area contributed by atoms with E-state index in [0.29, 0.717) is 36.6 Å². The number of nitrogens with one attached hydrogen (secondary N) is 1. The highest BCUT2D eigenvalue weighted by Gasteiger charge is 2.33. The summed E-state index contributed by atoms with van der Waals surface area (Å²) in [7, 11) is -0.534. The van der Waals surface area contributed by atoms with Gasteiger partial charge >= 0.3 is 0 Å². The van der Waals surface area contributed by atoms with Gasteiger partial charge in [-0.25, -0.2) is 0 Å². The Labute approximate surface area is 166 Å². The molecule has 0 saturated carbocycles. The standard InChI is InChI=1S/C20H25N3O4S/c1-22(2)28(25,26)23-14-8-9-16(15-23)20(24)21-18-12-6-7-13-19(18)27-17-10-4-3-5-11-17/h3-7,10-13,16H,8-9,14-15H2,1-2H3,(H,21,24)/t16-/m1/s1. The third-order valence-electron chi connectivity index (χ3n) is 4.66. The molecule has 1 aliphatic rings. The lowest BCUT2D eigenvalue weighted by molar-refractivity contribution is -0.120. The number of hydrogen-bond acceptors (Lipinski definition) is 4. The zero-order chi connectivity index (χ0) is 20.1. The summed E-state index contributed by atoms with van der Waals surface area (Å²) in [5.41, 5.74) is 0.559. The lowest BCUT2D eigenvalue weighted by Gasteiger charge is -2.32. The lowest BCUT2D eigenvalue weighted by Crippen LogP contribution is -2.47. The molecule has 1 saturated heterocycles. The Morgan fingerprint density at radius 3 is 2.50 bits per heavy atom. The predicted octanol–water partition coefficient (Wildman–Crippen LogP) is 2.94. The van der Waals surface area contributed by atoms with E-state index in [2.05, 4.69) is 5.32 Å². The van der Waals surface area contributed by atoms with E-state index in [4.69, 9.17) is 4.74 Å². The van der Waals surface area contributed by atoms with Crippen LogP contribution in [-0.4, -0.2) is 50.1 Å². The SMILES string of the molecule is CN(C)S(=O)(=O)N1CCC[C@@H](C(=O)Nc2ccccc2Oc2ccccc2)C1. The van der Waals surface area contributed by atoms with Crippen molar-refractivity contribution in [3.8, 4) is 11.5 Å². The van der Waals surface area contributed by atoms with Gasteiger partial charge in [-0.2, -0.15) is 17.0 Å². The van der Waals surface area contributed by atoms with E-state index in [1.165, 1.54) is 22.7 Å². The number of rotatable bonds is 6. The van der Waals surface area contributed by atoms with Crippen LogP contribution in [0.1, 0.15) is 12.8 Å². The van der Waals surface area contributed by atoms with Crippen molar-refractivity contribution >= 4 is 21.8 Å². The minimum atomic E-state index is -3.53. The van der Waals surface area contributed by atoms with Gasteiger partial charge in [-0.15, -0.1) is 0 Å². The van der Waals surface area contributed by atoms with Crippen molar-refractivity contribution in [2.45, 2.75) is 12.8 Å². The van der Waals surface area contributed by atoms with Crippen LogP contribution in [0.15, 0.2) is 54.6 Å². The zero-order valence-corrected chi connectivity index (χ0v) is 16.9. The first-order valence-electron chi connectivity index (χ1n) is 9.18. The Morgan fingerprint density at radius 1 is 1.11 bits per heavy atom.